The summed E-state index contributed by atoms with van der Waals surface area (Å²) in [7, 11) is 0. The monoisotopic (exact) mass is 399 g/mol. The van der Waals surface area contributed by atoms with Crippen molar-refractivity contribution in [2.45, 2.75) is 26.3 Å². The molecule has 0 aliphatic carbocycles. The van der Waals surface area contributed by atoms with Crippen molar-refractivity contribution in [3.63, 3.8) is 0 Å². The summed E-state index contributed by atoms with van der Waals surface area (Å²) in [6.45, 7) is 5.00. The van der Waals surface area contributed by atoms with E-state index in [1.807, 2.05) is 0 Å². The number of anilines is 1. The van der Waals surface area contributed by atoms with Gasteiger partial charge in [-0.05, 0) is 68.8 Å². The first-order valence-electron chi connectivity index (χ1n) is 8.63. The van der Waals surface area contributed by atoms with Crippen LogP contribution < -0.4 is 10.9 Å². The summed E-state index contributed by atoms with van der Waals surface area (Å²) in [6.07, 6.45) is 0. The van der Waals surface area contributed by atoms with E-state index in [1.54, 1.807) is 57.2 Å². The number of hydrogen-bond acceptors (Lipinski definition) is 3. The zero-order valence-electron chi connectivity index (χ0n) is 15.7. The lowest BCUT2D eigenvalue weighted by Gasteiger charge is -2.26. The molecule has 7 heteroatoms. The van der Waals surface area contributed by atoms with Gasteiger partial charge in [0.15, 0.2) is 0 Å². The Morgan fingerprint density at radius 2 is 1.79 bits per heavy atom. The Bertz CT molecular complexity index is 1090. The third kappa shape index (κ3) is 3.82. The molecule has 1 aromatic heterocycles. The molecule has 0 aliphatic rings. The highest BCUT2D eigenvalue weighted by atomic mass is 35.5. The molecule has 0 saturated heterocycles. The van der Waals surface area contributed by atoms with Crippen LogP contribution in [0.25, 0.3) is 11.3 Å². The van der Waals surface area contributed by atoms with Gasteiger partial charge in [0.05, 0.1) is 5.69 Å². The molecule has 0 aliphatic heterocycles. The number of carbonyl (C=O) groups excluding carboxylic acids is 1. The van der Waals surface area contributed by atoms with Crippen molar-refractivity contribution in [1.82, 2.24) is 9.78 Å². The molecule has 0 fully saturated rings. The van der Waals surface area contributed by atoms with Gasteiger partial charge in [-0.15, -0.1) is 0 Å². The molecular weight excluding hydrogens is 381 g/mol. The van der Waals surface area contributed by atoms with Gasteiger partial charge in [-0.2, -0.15) is 5.10 Å². The number of benzene rings is 2. The average Bonchev–Trinajstić information content (AvgIpc) is 2.66. The maximum absolute atomic E-state index is 13.2. The standard InChI is InChI=1S/C21H19ClFN3O2/c1-13-16(22)5-4-6-17(13)24-20(28)21(2,3)26-19(27)12-11-18(25-26)14-7-9-15(23)10-8-14/h4-12H,1-3H3,(H,24,28). The number of aromatic nitrogens is 2. The number of nitrogens with one attached hydrogen (secondary N) is 1. The molecule has 0 atom stereocenters. The highest BCUT2D eigenvalue weighted by Gasteiger charge is 2.32. The minimum Gasteiger partial charge on any atom is -0.324 e. The molecule has 0 spiro atoms. The minimum absolute atomic E-state index is 0.367. The Labute approximate surface area is 166 Å². The van der Waals surface area contributed by atoms with Crippen LogP contribution in [0.5, 0.6) is 0 Å². The average molecular weight is 400 g/mol. The molecule has 5 nitrogen and oxygen atoms in total. The Balaban J connectivity index is 1.97. The predicted molar refractivity (Wildman–Crippen MR) is 108 cm³/mol. The summed E-state index contributed by atoms with van der Waals surface area (Å²) in [4.78, 5) is 25.4. The van der Waals surface area contributed by atoms with Crippen LogP contribution in [0.15, 0.2) is 59.4 Å². The van der Waals surface area contributed by atoms with Crippen LogP contribution in [0.1, 0.15) is 19.4 Å². The van der Waals surface area contributed by atoms with Crippen LogP contribution in [0, 0.1) is 12.7 Å². The van der Waals surface area contributed by atoms with Crippen LogP contribution in [0.4, 0.5) is 10.1 Å². The maximum atomic E-state index is 13.2. The molecule has 0 unspecified atom stereocenters. The number of amides is 1. The van der Waals surface area contributed by atoms with Gasteiger partial charge in [0.1, 0.15) is 11.4 Å². The second kappa shape index (κ2) is 7.56. The van der Waals surface area contributed by atoms with Gasteiger partial charge < -0.3 is 5.32 Å². The minimum atomic E-state index is -1.28. The molecular formula is C21H19ClFN3O2. The molecule has 144 valence electrons. The number of rotatable bonds is 4. The number of carbonyl (C=O) groups is 1. The lowest BCUT2D eigenvalue weighted by atomic mass is 10.0. The SMILES string of the molecule is Cc1c(Cl)cccc1NC(=O)C(C)(C)n1nc(-c2ccc(F)cc2)ccc1=O. The molecule has 1 N–H and O–H groups in total. The summed E-state index contributed by atoms with van der Waals surface area (Å²) < 4.78 is 14.3. The van der Waals surface area contributed by atoms with Gasteiger partial charge in [0, 0.05) is 22.3 Å². The highest BCUT2D eigenvalue weighted by molar-refractivity contribution is 6.31. The Kier molecular flexibility index (Phi) is 5.34. The van der Waals surface area contributed by atoms with E-state index in [-0.39, 0.29) is 5.82 Å². The predicted octanol–water partition coefficient (Wildman–Crippen LogP) is 4.39. The fraction of sp³-hybridized carbons (Fsp3) is 0.190. The zero-order valence-corrected chi connectivity index (χ0v) is 16.4. The van der Waals surface area contributed by atoms with E-state index in [4.69, 9.17) is 11.6 Å². The van der Waals surface area contributed by atoms with Crippen molar-refractivity contribution in [1.29, 1.82) is 0 Å². The summed E-state index contributed by atoms with van der Waals surface area (Å²) in [5.74, 6) is -0.780. The fourth-order valence-electron chi connectivity index (χ4n) is 2.70. The third-order valence-electron chi connectivity index (χ3n) is 4.54. The molecule has 3 rings (SSSR count). The van der Waals surface area contributed by atoms with Crippen LogP contribution >= 0.6 is 11.6 Å². The number of halogens is 2. The van der Waals surface area contributed by atoms with Gasteiger partial charge in [-0.3, -0.25) is 9.59 Å². The van der Waals surface area contributed by atoms with Gasteiger partial charge in [0.25, 0.3) is 11.5 Å². The first-order valence-corrected chi connectivity index (χ1v) is 9.01. The zero-order chi connectivity index (χ0) is 20.5. The molecule has 0 radical (unpaired) electrons. The lowest BCUT2D eigenvalue weighted by molar-refractivity contribution is -0.123. The van der Waals surface area contributed by atoms with E-state index in [1.165, 1.54) is 18.2 Å². The van der Waals surface area contributed by atoms with E-state index >= 15 is 0 Å². The molecule has 28 heavy (non-hydrogen) atoms. The van der Waals surface area contributed by atoms with E-state index in [0.29, 0.717) is 22.0 Å². The fourth-order valence-corrected chi connectivity index (χ4v) is 2.88. The smallest absolute Gasteiger partial charge is 0.267 e. The van der Waals surface area contributed by atoms with Gasteiger partial charge >= 0.3 is 0 Å². The van der Waals surface area contributed by atoms with Crippen LogP contribution in [-0.2, 0) is 10.3 Å². The van der Waals surface area contributed by atoms with Crippen molar-refractivity contribution >= 4 is 23.2 Å². The topological polar surface area (TPSA) is 64.0 Å². The van der Waals surface area contributed by atoms with Gasteiger partial charge in [-0.25, -0.2) is 9.07 Å². The van der Waals surface area contributed by atoms with Crippen LogP contribution in [0.2, 0.25) is 5.02 Å². The third-order valence-corrected chi connectivity index (χ3v) is 4.95. The quantitative estimate of drug-likeness (QED) is 0.707. The van der Waals surface area contributed by atoms with Crippen molar-refractivity contribution < 1.29 is 9.18 Å². The first kappa shape index (κ1) is 19.8. The van der Waals surface area contributed by atoms with E-state index in [0.717, 1.165) is 10.2 Å². The molecule has 2 aromatic carbocycles. The molecule has 1 heterocycles. The second-order valence-electron chi connectivity index (χ2n) is 6.90. The maximum Gasteiger partial charge on any atom is 0.267 e. The Morgan fingerprint density at radius 1 is 1.11 bits per heavy atom. The normalized spacial score (nSPS) is 11.3. The number of hydrogen-bond donors (Lipinski definition) is 1. The Hall–Kier alpha value is -2.99. The number of nitrogens with zero attached hydrogens (tertiary/aromatic N) is 2. The van der Waals surface area contributed by atoms with Crippen molar-refractivity contribution in [3.8, 4) is 11.3 Å². The Morgan fingerprint density at radius 3 is 2.46 bits per heavy atom. The molecule has 0 bridgehead atoms. The van der Waals surface area contributed by atoms with E-state index < -0.39 is 17.0 Å². The summed E-state index contributed by atoms with van der Waals surface area (Å²) in [5, 5.41) is 7.68. The molecule has 0 saturated carbocycles. The van der Waals surface area contributed by atoms with Crippen molar-refractivity contribution in [2.75, 3.05) is 5.32 Å². The van der Waals surface area contributed by atoms with Crippen molar-refractivity contribution in [3.05, 3.63) is 81.4 Å². The van der Waals surface area contributed by atoms with E-state index in [9.17, 15) is 14.0 Å². The van der Waals surface area contributed by atoms with Crippen LogP contribution in [-0.4, -0.2) is 15.7 Å². The summed E-state index contributed by atoms with van der Waals surface area (Å²) in [6, 6.07) is 13.8. The second-order valence-corrected chi connectivity index (χ2v) is 7.31. The van der Waals surface area contributed by atoms with Gasteiger partial charge in [0.2, 0.25) is 0 Å². The molecule has 3 aromatic rings. The van der Waals surface area contributed by atoms with E-state index in [2.05, 4.69) is 10.4 Å². The molecule has 1 amide bonds. The van der Waals surface area contributed by atoms with Crippen molar-refractivity contribution in [2.24, 2.45) is 0 Å². The largest absolute Gasteiger partial charge is 0.324 e. The first-order chi connectivity index (χ1) is 13.2. The van der Waals surface area contributed by atoms with Crippen LogP contribution in [0.3, 0.4) is 0 Å². The lowest BCUT2D eigenvalue weighted by Crippen LogP contribution is -2.47. The van der Waals surface area contributed by atoms with Gasteiger partial charge in [-0.1, -0.05) is 17.7 Å². The summed E-state index contributed by atoms with van der Waals surface area (Å²) in [5.41, 5.74) is 0.689. The highest BCUT2D eigenvalue weighted by Crippen LogP contribution is 2.25. The summed E-state index contributed by atoms with van der Waals surface area (Å²) >= 11 is 6.11.